The molecule has 0 unspecified atom stereocenters. The number of rotatable bonds is 6. The number of aryl methyl sites for hydroxylation is 2. The molecular weight excluding hydrogens is 372 g/mol. The van der Waals surface area contributed by atoms with Crippen LogP contribution in [0.2, 0.25) is 0 Å². The fraction of sp³-hybridized carbons (Fsp3) is 0.308. The molecule has 0 heterocycles. The molecule has 0 fully saturated rings. The molecule has 2 aromatic rings. The lowest BCUT2D eigenvalue weighted by atomic mass is 10.2. The Morgan fingerprint density at radius 2 is 1.03 bits per heavy atom. The normalized spacial score (nSPS) is 10.6. The van der Waals surface area contributed by atoms with E-state index in [0.717, 1.165) is 22.5 Å². The monoisotopic (exact) mass is 406 g/mol. The van der Waals surface area contributed by atoms with E-state index in [4.69, 9.17) is 0 Å². The second kappa shape index (κ2) is 13.2. The Morgan fingerprint density at radius 3 is 1.30 bits per heavy atom. The van der Waals surface area contributed by atoms with Crippen LogP contribution in [-0.2, 0) is 9.59 Å². The summed E-state index contributed by atoms with van der Waals surface area (Å²) >= 11 is 0. The minimum Gasteiger partial charge on any atom is -0.309 e. The first-order valence-electron chi connectivity index (χ1n) is 10.4. The van der Waals surface area contributed by atoms with Gasteiger partial charge in [0.2, 0.25) is 0 Å². The lowest BCUT2D eigenvalue weighted by Gasteiger charge is -2.21. The quantitative estimate of drug-likeness (QED) is 0.565. The predicted octanol–water partition coefficient (Wildman–Crippen LogP) is 5.85. The fourth-order valence-corrected chi connectivity index (χ4v) is 3.09. The Hall–Kier alpha value is -3.14. The third-order valence-corrected chi connectivity index (χ3v) is 4.60. The second-order valence-corrected chi connectivity index (χ2v) is 6.74. The van der Waals surface area contributed by atoms with Crippen molar-refractivity contribution in [1.82, 2.24) is 0 Å². The number of nitrogens with zero attached hydrogens (tertiary/aromatic N) is 2. The van der Waals surface area contributed by atoms with E-state index < -0.39 is 0 Å². The number of amides is 2. The second-order valence-electron chi connectivity index (χ2n) is 6.74. The number of carbonyl (C=O) groups excluding carboxylic acids is 2. The number of hydrogen-bond donors (Lipinski definition) is 0. The van der Waals surface area contributed by atoms with E-state index in [2.05, 4.69) is 0 Å². The van der Waals surface area contributed by atoms with Crippen LogP contribution in [0.25, 0.3) is 0 Å². The number of likely N-dealkylation sites (N-methyl/N-ethyl adjacent to an activating group) is 2. The topological polar surface area (TPSA) is 40.6 Å². The van der Waals surface area contributed by atoms with Gasteiger partial charge in [-0.3, -0.25) is 9.59 Å². The third-order valence-electron chi connectivity index (χ3n) is 4.60. The summed E-state index contributed by atoms with van der Waals surface area (Å²) in [4.78, 5) is 27.1. The van der Waals surface area contributed by atoms with Crippen LogP contribution >= 0.6 is 0 Å². The molecule has 0 radical (unpaired) electrons. The van der Waals surface area contributed by atoms with Crippen LogP contribution in [0.4, 0.5) is 11.4 Å². The van der Waals surface area contributed by atoms with Crippen LogP contribution in [-0.4, -0.2) is 24.9 Å². The molecule has 0 saturated heterocycles. The van der Waals surface area contributed by atoms with Gasteiger partial charge >= 0.3 is 0 Å². The van der Waals surface area contributed by atoms with E-state index in [1.807, 2.05) is 90.1 Å². The number of para-hydroxylation sites is 2. The number of hydrogen-bond acceptors (Lipinski definition) is 2. The van der Waals surface area contributed by atoms with Crippen LogP contribution in [0, 0.1) is 13.8 Å². The lowest BCUT2D eigenvalue weighted by molar-refractivity contribution is -0.115. The van der Waals surface area contributed by atoms with E-state index in [0.29, 0.717) is 13.1 Å². The molecular formula is C26H34N2O2. The molecule has 160 valence electrons. The van der Waals surface area contributed by atoms with Crippen LogP contribution in [0.15, 0.2) is 72.8 Å². The van der Waals surface area contributed by atoms with Gasteiger partial charge in [0.15, 0.2) is 0 Å². The van der Waals surface area contributed by atoms with Crippen molar-refractivity contribution in [2.24, 2.45) is 0 Å². The smallest absolute Gasteiger partial charge is 0.250 e. The molecule has 2 aromatic carbocycles. The molecule has 2 amide bonds. The first kappa shape index (κ1) is 24.9. The molecule has 4 heteroatoms. The van der Waals surface area contributed by atoms with Crippen LogP contribution < -0.4 is 9.80 Å². The van der Waals surface area contributed by atoms with Crippen molar-refractivity contribution in [1.29, 1.82) is 0 Å². The largest absolute Gasteiger partial charge is 0.309 e. The maximum absolute atomic E-state index is 11.8. The van der Waals surface area contributed by atoms with Gasteiger partial charge in [-0.25, -0.2) is 0 Å². The summed E-state index contributed by atoms with van der Waals surface area (Å²) in [6.07, 6.45) is 6.72. The van der Waals surface area contributed by atoms with Gasteiger partial charge in [0.25, 0.3) is 11.8 Å². The highest BCUT2D eigenvalue weighted by atomic mass is 16.2. The van der Waals surface area contributed by atoms with Crippen molar-refractivity contribution < 1.29 is 9.59 Å². The van der Waals surface area contributed by atoms with Gasteiger partial charge in [-0.2, -0.15) is 0 Å². The highest BCUT2D eigenvalue weighted by Crippen LogP contribution is 2.20. The van der Waals surface area contributed by atoms with Crippen molar-refractivity contribution in [3.63, 3.8) is 0 Å². The standard InChI is InChI=1S/2C13H17NO/c2*1-4-8-13(15)14(5-2)12-10-7-6-9-11(12)3/h2*4,6-10H,5H2,1-3H3/b2*8-4+. The average molecular weight is 407 g/mol. The highest BCUT2D eigenvalue weighted by molar-refractivity contribution is 6.02. The highest BCUT2D eigenvalue weighted by Gasteiger charge is 2.12. The van der Waals surface area contributed by atoms with Gasteiger partial charge in [0.1, 0.15) is 0 Å². The molecule has 0 spiro atoms. The summed E-state index contributed by atoms with van der Waals surface area (Å²) in [6, 6.07) is 15.8. The van der Waals surface area contributed by atoms with Gasteiger partial charge in [-0.15, -0.1) is 0 Å². The van der Waals surface area contributed by atoms with Gasteiger partial charge in [-0.05, 0) is 77.0 Å². The molecule has 0 aliphatic heterocycles. The number of anilines is 2. The van der Waals surface area contributed by atoms with Crippen LogP contribution in [0.5, 0.6) is 0 Å². The summed E-state index contributed by atoms with van der Waals surface area (Å²) in [5.74, 6) is 0.0728. The summed E-state index contributed by atoms with van der Waals surface area (Å²) in [7, 11) is 0. The molecule has 30 heavy (non-hydrogen) atoms. The van der Waals surface area contributed by atoms with Gasteiger partial charge in [0.05, 0.1) is 0 Å². The molecule has 0 N–H and O–H groups in total. The minimum absolute atomic E-state index is 0.0364. The molecule has 0 aliphatic rings. The Bertz CT molecular complexity index is 811. The number of carbonyl (C=O) groups is 2. The first-order valence-corrected chi connectivity index (χ1v) is 10.4. The fourth-order valence-electron chi connectivity index (χ4n) is 3.09. The van der Waals surface area contributed by atoms with Crippen LogP contribution in [0.1, 0.15) is 38.8 Å². The van der Waals surface area contributed by atoms with E-state index >= 15 is 0 Å². The zero-order valence-corrected chi connectivity index (χ0v) is 19.1. The van der Waals surface area contributed by atoms with E-state index in [1.54, 1.807) is 34.1 Å². The predicted molar refractivity (Wildman–Crippen MR) is 128 cm³/mol. The van der Waals surface area contributed by atoms with Crippen molar-refractivity contribution >= 4 is 23.2 Å². The third kappa shape index (κ3) is 7.03. The maximum atomic E-state index is 11.8. The van der Waals surface area contributed by atoms with E-state index in [9.17, 15) is 9.59 Å². The SMILES string of the molecule is C/C=C/C(=O)N(CC)c1ccccc1C.C/C=C/C(=O)N(CC)c1ccccc1C. The van der Waals surface area contributed by atoms with Crippen molar-refractivity contribution in [3.8, 4) is 0 Å². The summed E-state index contributed by atoms with van der Waals surface area (Å²) in [6.45, 7) is 13.1. The molecule has 4 nitrogen and oxygen atoms in total. The number of benzene rings is 2. The Morgan fingerprint density at radius 1 is 0.700 bits per heavy atom. The zero-order valence-electron chi connectivity index (χ0n) is 19.1. The molecule has 0 aliphatic carbocycles. The zero-order chi connectivity index (χ0) is 22.5. The Labute approximate surface area is 181 Å². The van der Waals surface area contributed by atoms with Crippen molar-refractivity contribution in [3.05, 3.63) is 84.0 Å². The molecule has 2 rings (SSSR count). The lowest BCUT2D eigenvalue weighted by Crippen LogP contribution is -2.29. The summed E-state index contributed by atoms with van der Waals surface area (Å²) in [5, 5.41) is 0. The summed E-state index contributed by atoms with van der Waals surface area (Å²) < 4.78 is 0. The molecule has 0 saturated carbocycles. The van der Waals surface area contributed by atoms with E-state index in [-0.39, 0.29) is 11.8 Å². The van der Waals surface area contributed by atoms with Crippen LogP contribution in [0.3, 0.4) is 0 Å². The van der Waals surface area contributed by atoms with E-state index in [1.165, 1.54) is 0 Å². The molecule has 0 atom stereocenters. The number of allylic oxidation sites excluding steroid dienone is 2. The van der Waals surface area contributed by atoms with Gasteiger partial charge < -0.3 is 9.80 Å². The average Bonchev–Trinajstić information content (AvgIpc) is 2.73. The minimum atomic E-state index is 0.0364. The summed E-state index contributed by atoms with van der Waals surface area (Å²) in [5.41, 5.74) is 4.22. The molecule has 0 bridgehead atoms. The first-order chi connectivity index (χ1) is 14.4. The Kier molecular flexibility index (Phi) is 10.9. The maximum Gasteiger partial charge on any atom is 0.250 e. The van der Waals surface area contributed by atoms with Gasteiger partial charge in [0, 0.05) is 24.5 Å². The van der Waals surface area contributed by atoms with Crippen molar-refractivity contribution in [2.75, 3.05) is 22.9 Å². The van der Waals surface area contributed by atoms with Crippen molar-refractivity contribution in [2.45, 2.75) is 41.5 Å². The van der Waals surface area contributed by atoms with Gasteiger partial charge in [-0.1, -0.05) is 48.6 Å². The molecule has 0 aromatic heterocycles. The Balaban J connectivity index is 0.000000300.